The molecule has 1 aliphatic rings. The van der Waals surface area contributed by atoms with Crippen LogP contribution in [0, 0.1) is 11.8 Å². The van der Waals surface area contributed by atoms with Crippen LogP contribution >= 0.6 is 9.39 Å². The SMILES string of the molecule is CC[C@@H]1CN(P)CC1C(=O)OOC. The fourth-order valence-electron chi connectivity index (χ4n) is 1.73. The van der Waals surface area contributed by atoms with Gasteiger partial charge in [-0.2, -0.15) is 4.89 Å². The third kappa shape index (κ3) is 2.63. The van der Waals surface area contributed by atoms with Crippen molar-refractivity contribution in [1.29, 1.82) is 0 Å². The molecular formula is C8H16NO3P. The maximum atomic E-state index is 11.4. The molecule has 0 aromatic rings. The first-order chi connectivity index (χ1) is 6.19. The molecule has 76 valence electrons. The molecule has 5 heteroatoms. The smallest absolute Gasteiger partial charge is 0.298 e. The van der Waals surface area contributed by atoms with Crippen molar-refractivity contribution < 1.29 is 14.6 Å². The van der Waals surface area contributed by atoms with Crippen LogP contribution in [0.15, 0.2) is 0 Å². The van der Waals surface area contributed by atoms with Crippen molar-refractivity contribution in [3.05, 3.63) is 0 Å². The van der Waals surface area contributed by atoms with Crippen LogP contribution in [0.1, 0.15) is 13.3 Å². The van der Waals surface area contributed by atoms with Gasteiger partial charge in [0.1, 0.15) is 0 Å². The van der Waals surface area contributed by atoms with Gasteiger partial charge in [-0.3, -0.25) is 9.56 Å². The van der Waals surface area contributed by atoms with Crippen LogP contribution in [-0.2, 0) is 14.6 Å². The minimum absolute atomic E-state index is 0.0394. The van der Waals surface area contributed by atoms with E-state index < -0.39 is 0 Å². The molecule has 0 bridgehead atoms. The van der Waals surface area contributed by atoms with Gasteiger partial charge in [-0.05, 0) is 5.92 Å². The monoisotopic (exact) mass is 205 g/mol. The predicted molar refractivity (Wildman–Crippen MR) is 51.7 cm³/mol. The summed E-state index contributed by atoms with van der Waals surface area (Å²) in [5.74, 6) is 0.0990. The third-order valence-corrected chi connectivity index (χ3v) is 2.88. The topological polar surface area (TPSA) is 38.8 Å². The van der Waals surface area contributed by atoms with E-state index in [0.29, 0.717) is 5.92 Å². The number of hydrogen-bond donors (Lipinski definition) is 0. The molecule has 1 saturated heterocycles. The van der Waals surface area contributed by atoms with E-state index in [9.17, 15) is 4.79 Å². The number of carbonyl (C=O) groups is 1. The highest BCUT2D eigenvalue weighted by Gasteiger charge is 2.36. The Morgan fingerprint density at radius 1 is 1.62 bits per heavy atom. The molecule has 0 amide bonds. The Bertz CT molecular complexity index is 188. The molecule has 1 aliphatic heterocycles. The van der Waals surface area contributed by atoms with E-state index in [1.165, 1.54) is 7.11 Å². The van der Waals surface area contributed by atoms with Crippen LogP contribution in [0.3, 0.4) is 0 Å². The average molecular weight is 205 g/mol. The second-order valence-electron chi connectivity index (χ2n) is 3.30. The molecule has 0 aromatic heterocycles. The molecule has 1 heterocycles. The van der Waals surface area contributed by atoms with E-state index in [4.69, 9.17) is 0 Å². The van der Waals surface area contributed by atoms with Crippen molar-refractivity contribution in [3.8, 4) is 0 Å². The van der Waals surface area contributed by atoms with Gasteiger partial charge < -0.3 is 0 Å². The van der Waals surface area contributed by atoms with Gasteiger partial charge in [0.25, 0.3) is 0 Å². The fourth-order valence-corrected chi connectivity index (χ4v) is 2.23. The highest BCUT2D eigenvalue weighted by atomic mass is 31.0. The Labute approximate surface area is 80.8 Å². The second-order valence-corrected chi connectivity index (χ2v) is 4.03. The van der Waals surface area contributed by atoms with Gasteiger partial charge in [-0.25, -0.2) is 4.79 Å². The van der Waals surface area contributed by atoms with Crippen LogP contribution in [-0.4, -0.2) is 30.8 Å². The lowest BCUT2D eigenvalue weighted by atomic mass is 9.94. The lowest BCUT2D eigenvalue weighted by molar-refractivity contribution is -0.259. The Kier molecular flexibility index (Phi) is 4.10. The maximum absolute atomic E-state index is 11.4. The van der Waals surface area contributed by atoms with Crippen molar-refractivity contribution in [3.63, 3.8) is 0 Å². The lowest BCUT2D eigenvalue weighted by Crippen LogP contribution is -2.24. The summed E-state index contributed by atoms with van der Waals surface area (Å²) >= 11 is 0. The summed E-state index contributed by atoms with van der Waals surface area (Å²) < 4.78 is 2.07. The first-order valence-corrected chi connectivity index (χ1v) is 4.94. The molecule has 2 unspecified atom stereocenters. The van der Waals surface area contributed by atoms with Crippen molar-refractivity contribution >= 4 is 15.4 Å². The minimum Gasteiger partial charge on any atom is -0.298 e. The van der Waals surface area contributed by atoms with Crippen molar-refractivity contribution in [2.24, 2.45) is 11.8 Å². The quantitative estimate of drug-likeness (QED) is 0.389. The van der Waals surface area contributed by atoms with Crippen LogP contribution < -0.4 is 0 Å². The summed E-state index contributed by atoms with van der Waals surface area (Å²) in [6, 6.07) is 0. The zero-order valence-electron chi connectivity index (χ0n) is 8.03. The number of rotatable bonds is 3. The number of carbonyl (C=O) groups excluding carboxylic acids is 1. The third-order valence-electron chi connectivity index (χ3n) is 2.46. The first-order valence-electron chi connectivity index (χ1n) is 4.43. The van der Waals surface area contributed by atoms with E-state index in [0.717, 1.165) is 19.5 Å². The number of hydrogen-bond acceptors (Lipinski definition) is 4. The van der Waals surface area contributed by atoms with E-state index in [-0.39, 0.29) is 11.9 Å². The molecule has 0 spiro atoms. The van der Waals surface area contributed by atoms with Gasteiger partial charge in [0.2, 0.25) is 0 Å². The summed E-state index contributed by atoms with van der Waals surface area (Å²) in [5.41, 5.74) is 0. The standard InChI is InChI=1S/C8H16NO3P/c1-3-6-4-9(13)5-7(6)8(10)12-11-2/h6-7H,3-5,13H2,1-2H3/t6-,7?/m1/s1. The van der Waals surface area contributed by atoms with Crippen LogP contribution in [0.2, 0.25) is 0 Å². The molecule has 0 aromatic carbocycles. The highest BCUT2D eigenvalue weighted by molar-refractivity contribution is 7.13. The molecule has 0 saturated carbocycles. The molecule has 1 rings (SSSR count). The molecule has 3 atom stereocenters. The highest BCUT2D eigenvalue weighted by Crippen LogP contribution is 2.29. The van der Waals surface area contributed by atoms with Gasteiger partial charge in [-0.15, -0.1) is 0 Å². The zero-order chi connectivity index (χ0) is 9.84. The molecule has 0 radical (unpaired) electrons. The summed E-state index contributed by atoms with van der Waals surface area (Å²) in [6.45, 7) is 3.76. The van der Waals surface area contributed by atoms with E-state index in [2.05, 4.69) is 30.8 Å². The Balaban J connectivity index is 2.52. The van der Waals surface area contributed by atoms with Gasteiger partial charge in [0, 0.05) is 13.1 Å². The van der Waals surface area contributed by atoms with Gasteiger partial charge in [0.15, 0.2) is 0 Å². The summed E-state index contributed by atoms with van der Waals surface area (Å²) in [7, 11) is 3.97. The molecule has 0 N–H and O–H groups in total. The molecule has 1 fully saturated rings. The van der Waals surface area contributed by atoms with Gasteiger partial charge >= 0.3 is 5.97 Å². The Morgan fingerprint density at radius 2 is 2.31 bits per heavy atom. The molecule has 13 heavy (non-hydrogen) atoms. The fraction of sp³-hybridized carbons (Fsp3) is 0.875. The van der Waals surface area contributed by atoms with E-state index in [1.807, 2.05) is 0 Å². The van der Waals surface area contributed by atoms with E-state index in [1.54, 1.807) is 0 Å². The molecule has 0 aliphatic carbocycles. The normalized spacial score (nSPS) is 29.2. The molecular weight excluding hydrogens is 189 g/mol. The summed E-state index contributed by atoms with van der Waals surface area (Å²) in [5, 5.41) is 0. The Morgan fingerprint density at radius 3 is 2.85 bits per heavy atom. The Hall–Kier alpha value is -0.180. The lowest BCUT2D eigenvalue weighted by Gasteiger charge is -2.12. The first kappa shape index (κ1) is 10.9. The largest absolute Gasteiger partial charge is 0.347 e. The minimum atomic E-state index is -0.251. The van der Waals surface area contributed by atoms with Crippen molar-refractivity contribution in [2.45, 2.75) is 13.3 Å². The summed E-state index contributed by atoms with van der Waals surface area (Å²) in [6.07, 6.45) is 0.994. The predicted octanol–water partition coefficient (Wildman–Crippen LogP) is 0.839. The van der Waals surface area contributed by atoms with Gasteiger partial charge in [-0.1, -0.05) is 22.7 Å². The number of nitrogens with zero attached hydrogens (tertiary/aromatic N) is 1. The van der Waals surface area contributed by atoms with Crippen LogP contribution in [0.5, 0.6) is 0 Å². The zero-order valence-corrected chi connectivity index (χ0v) is 9.18. The van der Waals surface area contributed by atoms with Crippen LogP contribution in [0.4, 0.5) is 0 Å². The van der Waals surface area contributed by atoms with E-state index >= 15 is 0 Å². The van der Waals surface area contributed by atoms with Crippen molar-refractivity contribution in [1.82, 2.24) is 4.67 Å². The maximum Gasteiger partial charge on any atom is 0.347 e. The second kappa shape index (κ2) is 4.89. The van der Waals surface area contributed by atoms with Crippen LogP contribution in [0.25, 0.3) is 0 Å². The molecule has 4 nitrogen and oxygen atoms in total. The van der Waals surface area contributed by atoms with Crippen molar-refractivity contribution in [2.75, 3.05) is 20.2 Å². The summed E-state index contributed by atoms with van der Waals surface area (Å²) in [4.78, 5) is 20.3. The average Bonchev–Trinajstić information content (AvgIpc) is 2.47. The van der Waals surface area contributed by atoms with Gasteiger partial charge in [0.05, 0.1) is 13.0 Å².